The molecule has 0 saturated carbocycles. The van der Waals surface area contributed by atoms with Crippen LogP contribution in [0.5, 0.6) is 5.75 Å². The van der Waals surface area contributed by atoms with Gasteiger partial charge in [0.2, 0.25) is 5.91 Å². The molecular weight excluding hydrogens is 464 g/mol. The molecule has 0 bridgehead atoms. The fourth-order valence-electron chi connectivity index (χ4n) is 4.89. The summed E-state index contributed by atoms with van der Waals surface area (Å²) in [5, 5.41) is 15.8. The molecule has 0 radical (unpaired) electrons. The Kier molecular flexibility index (Phi) is 5.91. The molecule has 1 aliphatic rings. The van der Waals surface area contributed by atoms with E-state index in [0.29, 0.717) is 23.6 Å². The number of benzene rings is 3. The number of alkyl halides is 1. The highest BCUT2D eigenvalue weighted by molar-refractivity contribution is 6.22. The maximum absolute atomic E-state index is 13.7. The predicted molar refractivity (Wildman–Crippen MR) is 141 cm³/mol. The van der Waals surface area contributed by atoms with Crippen molar-refractivity contribution in [3.8, 4) is 5.75 Å². The maximum atomic E-state index is 13.7. The number of phenols is 1. The molecular formula is C27H27ClN4O3. The summed E-state index contributed by atoms with van der Waals surface area (Å²) in [5.74, 6) is -0.239. The molecule has 0 saturated heterocycles. The van der Waals surface area contributed by atoms with Crippen molar-refractivity contribution < 1.29 is 14.7 Å². The molecule has 1 aromatic heterocycles. The number of aromatic hydroxyl groups is 1. The van der Waals surface area contributed by atoms with Gasteiger partial charge in [-0.25, -0.2) is 0 Å². The highest BCUT2D eigenvalue weighted by atomic mass is 35.5. The summed E-state index contributed by atoms with van der Waals surface area (Å²) < 4.78 is 0. The lowest BCUT2D eigenvalue weighted by Crippen LogP contribution is -2.31. The Morgan fingerprint density at radius 3 is 2.63 bits per heavy atom. The third-order valence-electron chi connectivity index (χ3n) is 6.48. The van der Waals surface area contributed by atoms with Gasteiger partial charge < -0.3 is 25.2 Å². The number of H-pyrrole nitrogens is 1. The molecule has 1 unspecified atom stereocenters. The molecule has 5 rings (SSSR count). The maximum Gasteiger partial charge on any atom is 0.274 e. The first-order valence-corrected chi connectivity index (χ1v) is 11.9. The normalized spacial score (nSPS) is 16.1. The first-order chi connectivity index (χ1) is 16.7. The molecule has 3 aromatic carbocycles. The highest BCUT2D eigenvalue weighted by Crippen LogP contribution is 2.47. The highest BCUT2D eigenvalue weighted by Gasteiger charge is 2.37. The van der Waals surface area contributed by atoms with Crippen molar-refractivity contribution in [2.24, 2.45) is 0 Å². The third kappa shape index (κ3) is 4.22. The van der Waals surface area contributed by atoms with Gasteiger partial charge in [0.25, 0.3) is 5.91 Å². The minimum Gasteiger partial charge on any atom is -0.507 e. The Balaban J connectivity index is 1.50. The second kappa shape index (κ2) is 8.91. The molecule has 7 nitrogen and oxygen atoms in total. The van der Waals surface area contributed by atoms with Crippen LogP contribution in [0.15, 0.2) is 54.6 Å². The molecule has 4 aromatic rings. The van der Waals surface area contributed by atoms with Crippen LogP contribution in [-0.4, -0.2) is 59.4 Å². The van der Waals surface area contributed by atoms with Crippen molar-refractivity contribution in [1.82, 2.24) is 9.88 Å². The van der Waals surface area contributed by atoms with Gasteiger partial charge in [-0.15, -0.1) is 11.6 Å². The number of fused-ring (bicyclic) bond motifs is 4. The second-order valence-corrected chi connectivity index (χ2v) is 10.0. The molecule has 8 heteroatoms. The molecule has 1 aliphatic heterocycles. The lowest BCUT2D eigenvalue weighted by atomic mass is 9.92. The van der Waals surface area contributed by atoms with Crippen LogP contribution < -0.4 is 10.2 Å². The van der Waals surface area contributed by atoms with Gasteiger partial charge in [0.1, 0.15) is 11.4 Å². The van der Waals surface area contributed by atoms with Crippen LogP contribution in [0.1, 0.15) is 28.9 Å². The summed E-state index contributed by atoms with van der Waals surface area (Å²) >= 11 is 6.58. The topological polar surface area (TPSA) is 88.7 Å². The van der Waals surface area contributed by atoms with E-state index in [9.17, 15) is 14.7 Å². The average molecular weight is 491 g/mol. The van der Waals surface area contributed by atoms with Gasteiger partial charge in [0.15, 0.2) is 0 Å². The number of phenolic OH excluding ortho intramolecular Hbond substituents is 1. The number of nitrogens with one attached hydrogen (secondary N) is 2. The van der Waals surface area contributed by atoms with E-state index in [1.165, 1.54) is 0 Å². The van der Waals surface area contributed by atoms with Crippen LogP contribution in [-0.2, 0) is 4.79 Å². The monoisotopic (exact) mass is 490 g/mol. The number of hydrogen-bond acceptors (Lipinski definition) is 4. The van der Waals surface area contributed by atoms with E-state index in [0.717, 1.165) is 27.2 Å². The number of carbonyl (C=O) groups excluding carboxylic acids is 2. The number of hydrogen-bond donors (Lipinski definition) is 3. The summed E-state index contributed by atoms with van der Waals surface area (Å²) in [6.45, 7) is 2.64. The Bertz CT molecular complexity index is 1460. The zero-order chi connectivity index (χ0) is 24.9. The molecule has 2 heterocycles. The average Bonchev–Trinajstić information content (AvgIpc) is 3.40. The molecule has 3 N–H and O–H groups in total. The van der Waals surface area contributed by atoms with Crippen LogP contribution in [0.2, 0.25) is 0 Å². The van der Waals surface area contributed by atoms with E-state index in [2.05, 4.69) is 10.3 Å². The number of rotatable bonds is 5. The standard InChI is InChI=1S/C27H27ClN4O3/c1-15(28)20-13-32(23-12-24(33)18-6-4-5-7-19(18)26(20)23)27(35)22-11-16-10-17(8-9-21(16)30-22)29-25(34)14-31(2)3/h4-12,15,20,30,33H,13-14H2,1-3H3,(H,29,34)/t15-,20?/m0/s1. The molecule has 180 valence electrons. The molecule has 0 aliphatic carbocycles. The minimum absolute atomic E-state index is 0.0657. The summed E-state index contributed by atoms with van der Waals surface area (Å²) in [6, 6.07) is 16.6. The van der Waals surface area contributed by atoms with Crippen LogP contribution in [0.4, 0.5) is 11.4 Å². The number of nitrogens with zero attached hydrogens (tertiary/aromatic N) is 2. The lowest BCUT2D eigenvalue weighted by molar-refractivity contribution is -0.116. The van der Waals surface area contributed by atoms with Crippen molar-refractivity contribution in [2.45, 2.75) is 18.2 Å². The van der Waals surface area contributed by atoms with E-state index >= 15 is 0 Å². The second-order valence-electron chi connectivity index (χ2n) is 9.34. The fraction of sp³-hybridized carbons (Fsp3) is 0.259. The van der Waals surface area contributed by atoms with Gasteiger partial charge in [-0.05, 0) is 56.2 Å². The van der Waals surface area contributed by atoms with Gasteiger partial charge in [-0.3, -0.25) is 9.59 Å². The SMILES string of the molecule is C[C@H](Cl)C1CN(C(=O)c2cc3cc(NC(=O)CN(C)C)ccc3[nH]2)c2cc(O)c3ccccc3c21. The van der Waals surface area contributed by atoms with Crippen molar-refractivity contribution in [3.05, 3.63) is 65.9 Å². The predicted octanol–water partition coefficient (Wildman–Crippen LogP) is 4.90. The van der Waals surface area contributed by atoms with Crippen LogP contribution >= 0.6 is 11.6 Å². The Morgan fingerprint density at radius 2 is 1.91 bits per heavy atom. The van der Waals surface area contributed by atoms with E-state index in [1.807, 2.05) is 57.4 Å². The van der Waals surface area contributed by atoms with E-state index in [1.54, 1.807) is 28.0 Å². The zero-order valence-corrected chi connectivity index (χ0v) is 20.6. The first kappa shape index (κ1) is 23.2. The molecule has 35 heavy (non-hydrogen) atoms. The molecule has 2 amide bonds. The van der Waals surface area contributed by atoms with Crippen molar-refractivity contribution in [2.75, 3.05) is 37.4 Å². The molecule has 0 spiro atoms. The van der Waals surface area contributed by atoms with Gasteiger partial charge in [0.05, 0.1) is 12.2 Å². The van der Waals surface area contributed by atoms with Crippen LogP contribution in [0, 0.1) is 0 Å². The first-order valence-electron chi connectivity index (χ1n) is 11.5. The summed E-state index contributed by atoms with van der Waals surface area (Å²) in [6.07, 6.45) is 0. The lowest BCUT2D eigenvalue weighted by Gasteiger charge is -2.18. The van der Waals surface area contributed by atoms with Gasteiger partial charge >= 0.3 is 0 Å². The van der Waals surface area contributed by atoms with Gasteiger partial charge in [0, 0.05) is 45.9 Å². The third-order valence-corrected chi connectivity index (χ3v) is 6.78. The largest absolute Gasteiger partial charge is 0.507 e. The Morgan fingerprint density at radius 1 is 1.17 bits per heavy atom. The number of likely N-dealkylation sites (N-methyl/N-ethyl adjacent to an activating group) is 1. The molecule has 0 fully saturated rings. The van der Waals surface area contributed by atoms with E-state index < -0.39 is 0 Å². The number of amides is 2. The van der Waals surface area contributed by atoms with Crippen molar-refractivity contribution >= 4 is 56.5 Å². The minimum atomic E-state index is -0.199. The van der Waals surface area contributed by atoms with Gasteiger partial charge in [-0.2, -0.15) is 0 Å². The summed E-state index contributed by atoms with van der Waals surface area (Å²) in [7, 11) is 3.67. The Hall–Kier alpha value is -3.55. The van der Waals surface area contributed by atoms with Gasteiger partial charge in [-0.1, -0.05) is 24.3 Å². The quantitative estimate of drug-likeness (QED) is 0.347. The van der Waals surface area contributed by atoms with E-state index in [-0.39, 0.29) is 35.4 Å². The summed E-state index contributed by atoms with van der Waals surface area (Å²) in [5.41, 5.74) is 3.55. The summed E-state index contributed by atoms with van der Waals surface area (Å²) in [4.78, 5) is 32.5. The number of aromatic nitrogens is 1. The number of halogens is 1. The van der Waals surface area contributed by atoms with Crippen LogP contribution in [0.25, 0.3) is 21.7 Å². The smallest absolute Gasteiger partial charge is 0.274 e. The van der Waals surface area contributed by atoms with Crippen molar-refractivity contribution in [1.29, 1.82) is 0 Å². The van der Waals surface area contributed by atoms with Crippen molar-refractivity contribution in [3.63, 3.8) is 0 Å². The number of anilines is 2. The number of carbonyl (C=O) groups is 2. The molecule has 2 atom stereocenters. The number of aromatic amines is 1. The Labute approximate surface area is 208 Å². The van der Waals surface area contributed by atoms with E-state index in [4.69, 9.17) is 11.6 Å². The van der Waals surface area contributed by atoms with Crippen LogP contribution in [0.3, 0.4) is 0 Å². The zero-order valence-electron chi connectivity index (χ0n) is 19.8. The fourth-order valence-corrected chi connectivity index (χ4v) is 5.10.